The summed E-state index contributed by atoms with van der Waals surface area (Å²) in [6.45, 7) is 21.7. The van der Waals surface area contributed by atoms with E-state index in [4.69, 9.17) is 4.74 Å². The van der Waals surface area contributed by atoms with Gasteiger partial charge in [-0.3, -0.25) is 4.79 Å². The molecule has 154 valence electrons. The lowest BCUT2D eigenvalue weighted by atomic mass is 9.75. The van der Waals surface area contributed by atoms with Gasteiger partial charge in [-0.1, -0.05) is 74.4 Å². The van der Waals surface area contributed by atoms with Gasteiger partial charge in [-0.25, -0.2) is 0 Å². The molecule has 1 aromatic rings. The molecule has 0 bridgehead atoms. The third-order valence-electron chi connectivity index (χ3n) is 4.52. The predicted molar refractivity (Wildman–Crippen MR) is 121 cm³/mol. The van der Waals surface area contributed by atoms with Crippen molar-refractivity contribution in [1.82, 2.24) is 0 Å². The fourth-order valence-corrected chi connectivity index (χ4v) is 5.02. The van der Waals surface area contributed by atoms with Crippen molar-refractivity contribution >= 4 is 28.0 Å². The third-order valence-corrected chi connectivity index (χ3v) is 6.53. The van der Waals surface area contributed by atoms with Crippen LogP contribution in [0.15, 0.2) is 12.1 Å². The SMILES string of the molecule is CPCC(=O)OCP(O)c1c(C(C)(C)C)cc(C(C)(C)C)cc1C(C)(C)C. The maximum absolute atomic E-state index is 11.8. The van der Waals surface area contributed by atoms with Gasteiger partial charge in [0.05, 0.1) is 14.3 Å². The zero-order chi connectivity index (χ0) is 21.2. The van der Waals surface area contributed by atoms with Crippen molar-refractivity contribution in [1.29, 1.82) is 0 Å². The number of benzene rings is 1. The second-order valence-electron chi connectivity index (χ2n) is 10.2. The first-order valence-corrected chi connectivity index (χ1v) is 12.7. The quantitative estimate of drug-likeness (QED) is 0.520. The Morgan fingerprint density at radius 2 is 1.41 bits per heavy atom. The van der Waals surface area contributed by atoms with Crippen molar-refractivity contribution < 1.29 is 14.4 Å². The summed E-state index contributed by atoms with van der Waals surface area (Å²) in [6, 6.07) is 4.48. The van der Waals surface area contributed by atoms with Gasteiger partial charge in [0.15, 0.2) is 0 Å². The molecule has 0 radical (unpaired) electrons. The summed E-state index contributed by atoms with van der Waals surface area (Å²) >= 11 is 0. The largest absolute Gasteiger partial charge is 0.458 e. The number of carbonyl (C=O) groups is 1. The van der Waals surface area contributed by atoms with Crippen LogP contribution in [0.2, 0.25) is 0 Å². The molecule has 27 heavy (non-hydrogen) atoms. The van der Waals surface area contributed by atoms with E-state index < -0.39 is 8.15 Å². The van der Waals surface area contributed by atoms with Gasteiger partial charge in [0, 0.05) is 5.30 Å². The molecule has 0 aliphatic carbocycles. The molecule has 0 spiro atoms. The maximum atomic E-state index is 11.8. The fraction of sp³-hybridized carbons (Fsp3) is 0.682. The molecule has 0 saturated carbocycles. The predicted octanol–water partition coefficient (Wildman–Crippen LogP) is 5.40. The Kier molecular flexibility index (Phi) is 8.09. The number of hydrogen-bond acceptors (Lipinski definition) is 3. The minimum atomic E-state index is -1.58. The van der Waals surface area contributed by atoms with Gasteiger partial charge in [-0.2, -0.15) is 0 Å². The van der Waals surface area contributed by atoms with Crippen molar-refractivity contribution in [2.45, 2.75) is 78.6 Å². The molecule has 0 heterocycles. The Bertz CT molecular complexity index is 627. The van der Waals surface area contributed by atoms with Gasteiger partial charge in [0.25, 0.3) is 0 Å². The maximum Gasteiger partial charge on any atom is 0.310 e. The van der Waals surface area contributed by atoms with E-state index in [0.29, 0.717) is 14.7 Å². The number of hydrogen-bond donors (Lipinski definition) is 1. The first kappa shape index (κ1) is 24.5. The van der Waals surface area contributed by atoms with E-state index in [-0.39, 0.29) is 28.6 Å². The van der Waals surface area contributed by atoms with E-state index in [1.165, 1.54) is 5.56 Å². The van der Waals surface area contributed by atoms with E-state index in [2.05, 4.69) is 74.4 Å². The van der Waals surface area contributed by atoms with Crippen LogP contribution in [0.5, 0.6) is 0 Å². The van der Waals surface area contributed by atoms with Crippen LogP contribution in [0, 0.1) is 0 Å². The van der Waals surface area contributed by atoms with Crippen molar-refractivity contribution in [3.05, 3.63) is 28.8 Å². The van der Waals surface area contributed by atoms with Gasteiger partial charge < -0.3 is 9.63 Å². The average molecular weight is 412 g/mol. The Balaban J connectivity index is 3.57. The molecular weight excluding hydrogens is 374 g/mol. The Labute approximate surface area is 169 Å². The fourth-order valence-electron chi connectivity index (χ4n) is 2.88. The Hall–Kier alpha value is -0.490. The highest BCUT2D eigenvalue weighted by atomic mass is 31.1. The lowest BCUT2D eigenvalue weighted by molar-refractivity contribution is -0.138. The highest BCUT2D eigenvalue weighted by molar-refractivity contribution is 7.60. The van der Waals surface area contributed by atoms with E-state index in [1.54, 1.807) is 0 Å². The van der Waals surface area contributed by atoms with E-state index >= 15 is 0 Å². The Morgan fingerprint density at radius 1 is 0.963 bits per heavy atom. The minimum Gasteiger partial charge on any atom is -0.458 e. The summed E-state index contributed by atoms with van der Waals surface area (Å²) in [5, 5.41) is 0.977. The molecule has 2 atom stereocenters. The van der Waals surface area contributed by atoms with Crippen LogP contribution in [-0.4, -0.2) is 30.0 Å². The molecule has 2 unspecified atom stereocenters. The number of ether oxygens (including phenoxy) is 1. The summed E-state index contributed by atoms with van der Waals surface area (Å²) in [6.07, 6.45) is 0.490. The molecule has 0 saturated heterocycles. The Morgan fingerprint density at radius 3 is 1.74 bits per heavy atom. The standard InChI is InChI=1S/C22H38O3P2/c1-20(2,3)15-11-16(21(4,5)6)19(17(12-15)22(7,8)9)27(24)14-25-18(23)13-26-10/h11-12,24,26H,13-14H2,1-10H3. The zero-order valence-corrected chi connectivity index (χ0v) is 20.7. The first-order valence-electron chi connectivity index (χ1n) is 9.55. The second-order valence-corrected chi connectivity index (χ2v) is 12.8. The van der Waals surface area contributed by atoms with E-state index in [9.17, 15) is 9.69 Å². The number of carbonyl (C=O) groups excluding carboxylic acids is 1. The molecule has 1 rings (SSSR count). The van der Waals surface area contributed by atoms with Crippen LogP contribution >= 0.6 is 16.7 Å². The van der Waals surface area contributed by atoms with Crippen molar-refractivity contribution in [2.24, 2.45) is 0 Å². The first-order chi connectivity index (χ1) is 12.1. The molecule has 1 N–H and O–H groups in total. The molecule has 3 nitrogen and oxygen atoms in total. The molecule has 0 aliphatic heterocycles. The molecule has 0 fully saturated rings. The summed E-state index contributed by atoms with van der Waals surface area (Å²) in [7, 11) is -1.05. The van der Waals surface area contributed by atoms with Crippen molar-refractivity contribution in [3.8, 4) is 0 Å². The third kappa shape index (κ3) is 6.81. The minimum absolute atomic E-state index is 0.0191. The zero-order valence-electron chi connectivity index (χ0n) is 18.8. The smallest absolute Gasteiger partial charge is 0.310 e. The van der Waals surface area contributed by atoms with Crippen molar-refractivity contribution in [3.63, 3.8) is 0 Å². The van der Waals surface area contributed by atoms with Crippen LogP contribution in [0.4, 0.5) is 0 Å². The lowest BCUT2D eigenvalue weighted by Gasteiger charge is -2.34. The second kappa shape index (κ2) is 8.89. The monoisotopic (exact) mass is 412 g/mol. The topological polar surface area (TPSA) is 46.5 Å². The summed E-state index contributed by atoms with van der Waals surface area (Å²) < 4.78 is 5.38. The van der Waals surface area contributed by atoms with Crippen LogP contribution < -0.4 is 5.30 Å². The number of esters is 1. The van der Waals surface area contributed by atoms with Crippen LogP contribution in [0.25, 0.3) is 0 Å². The average Bonchev–Trinajstić information content (AvgIpc) is 2.49. The summed E-state index contributed by atoms with van der Waals surface area (Å²) in [4.78, 5) is 22.9. The number of rotatable bonds is 5. The molecule has 0 amide bonds. The highest BCUT2D eigenvalue weighted by Crippen LogP contribution is 2.42. The van der Waals surface area contributed by atoms with Gasteiger partial charge in [-0.15, -0.1) is 8.58 Å². The van der Waals surface area contributed by atoms with Crippen LogP contribution in [0.1, 0.15) is 79.0 Å². The van der Waals surface area contributed by atoms with Crippen molar-refractivity contribution in [2.75, 3.05) is 19.2 Å². The summed E-state index contributed by atoms with van der Waals surface area (Å²) in [5.41, 5.74) is 3.37. The highest BCUT2D eigenvalue weighted by Gasteiger charge is 2.32. The van der Waals surface area contributed by atoms with Gasteiger partial charge >= 0.3 is 5.97 Å². The van der Waals surface area contributed by atoms with Gasteiger partial charge in [0.1, 0.15) is 6.35 Å². The van der Waals surface area contributed by atoms with Gasteiger partial charge in [0.2, 0.25) is 0 Å². The van der Waals surface area contributed by atoms with Gasteiger partial charge in [-0.05, 0) is 39.6 Å². The lowest BCUT2D eigenvalue weighted by Crippen LogP contribution is -2.32. The van der Waals surface area contributed by atoms with E-state index in [1.807, 2.05) is 6.66 Å². The molecule has 5 heteroatoms. The molecule has 0 aliphatic rings. The molecular formula is C22H38O3P2. The molecule has 1 aromatic carbocycles. The summed E-state index contributed by atoms with van der Waals surface area (Å²) in [5.74, 6) is -0.224. The van der Waals surface area contributed by atoms with Crippen LogP contribution in [-0.2, 0) is 25.8 Å². The normalized spacial score (nSPS) is 14.6. The molecule has 0 aromatic heterocycles. The van der Waals surface area contributed by atoms with E-state index in [0.717, 1.165) is 16.4 Å². The van der Waals surface area contributed by atoms with Crippen LogP contribution in [0.3, 0.4) is 0 Å².